The molecule has 0 atom stereocenters. The Morgan fingerprint density at radius 3 is 2.27 bits per heavy atom. The maximum Gasteiger partial charge on any atom is 0.304 e. The largest absolute Gasteiger partial charge is 0.481 e. The predicted molar refractivity (Wildman–Crippen MR) is 53.9 cm³/mol. The molecule has 0 aliphatic heterocycles. The molecule has 6 heteroatoms. The number of hydrogen-bond acceptors (Lipinski definition) is 3. The van der Waals surface area contributed by atoms with Gasteiger partial charge in [-0.2, -0.15) is 4.31 Å². The van der Waals surface area contributed by atoms with Crippen LogP contribution in [0.2, 0.25) is 0 Å². The third-order valence-corrected chi connectivity index (χ3v) is 5.22. The molecule has 2 aliphatic carbocycles. The first-order valence-electron chi connectivity index (χ1n) is 5.24. The van der Waals surface area contributed by atoms with Gasteiger partial charge in [0.2, 0.25) is 10.0 Å². The van der Waals surface area contributed by atoms with Crippen molar-refractivity contribution >= 4 is 16.0 Å². The molecule has 1 N–H and O–H groups in total. The number of carboxylic acid groups (broad SMARTS) is 1. The number of aliphatic carboxylic acids is 1. The van der Waals surface area contributed by atoms with Gasteiger partial charge in [0, 0.05) is 12.6 Å². The van der Waals surface area contributed by atoms with E-state index in [2.05, 4.69) is 0 Å². The quantitative estimate of drug-likeness (QED) is 0.721. The molecule has 0 bridgehead atoms. The van der Waals surface area contributed by atoms with Crippen molar-refractivity contribution in [2.75, 3.05) is 6.54 Å². The zero-order valence-corrected chi connectivity index (χ0v) is 9.24. The van der Waals surface area contributed by atoms with Gasteiger partial charge in [0.25, 0.3) is 0 Å². The second-order valence-corrected chi connectivity index (χ2v) is 6.40. The van der Waals surface area contributed by atoms with Gasteiger partial charge in [-0.25, -0.2) is 8.42 Å². The number of carboxylic acids is 1. The van der Waals surface area contributed by atoms with Gasteiger partial charge in [0.15, 0.2) is 0 Å². The van der Waals surface area contributed by atoms with Gasteiger partial charge in [-0.3, -0.25) is 4.79 Å². The van der Waals surface area contributed by atoms with Gasteiger partial charge in [0.05, 0.1) is 11.7 Å². The molecule has 86 valence electrons. The lowest BCUT2D eigenvalue weighted by atomic mass is 10.4. The van der Waals surface area contributed by atoms with E-state index < -0.39 is 16.0 Å². The minimum atomic E-state index is -3.19. The van der Waals surface area contributed by atoms with E-state index in [4.69, 9.17) is 5.11 Å². The highest BCUT2D eigenvalue weighted by molar-refractivity contribution is 7.90. The Morgan fingerprint density at radius 2 is 1.87 bits per heavy atom. The van der Waals surface area contributed by atoms with Crippen LogP contribution in [0.1, 0.15) is 32.1 Å². The zero-order chi connectivity index (χ0) is 11.1. The van der Waals surface area contributed by atoms with Crippen molar-refractivity contribution < 1.29 is 18.3 Å². The first kappa shape index (κ1) is 10.9. The number of carbonyl (C=O) groups is 1. The van der Waals surface area contributed by atoms with Crippen molar-refractivity contribution in [1.82, 2.24) is 4.31 Å². The van der Waals surface area contributed by atoms with E-state index in [9.17, 15) is 13.2 Å². The first-order chi connectivity index (χ1) is 7.01. The van der Waals surface area contributed by atoms with Crippen molar-refractivity contribution in [2.24, 2.45) is 0 Å². The fourth-order valence-electron chi connectivity index (χ4n) is 1.64. The summed E-state index contributed by atoms with van der Waals surface area (Å²) < 4.78 is 25.3. The number of nitrogens with zero attached hydrogens (tertiary/aromatic N) is 1. The van der Waals surface area contributed by atoms with Crippen LogP contribution in [0.5, 0.6) is 0 Å². The summed E-state index contributed by atoms with van der Waals surface area (Å²) in [6, 6.07) is 0.0787. The average Bonchev–Trinajstić information content (AvgIpc) is 2.99. The molecule has 5 nitrogen and oxygen atoms in total. The monoisotopic (exact) mass is 233 g/mol. The molecule has 0 amide bonds. The number of rotatable bonds is 6. The highest BCUT2D eigenvalue weighted by atomic mass is 32.2. The van der Waals surface area contributed by atoms with Gasteiger partial charge in [-0.15, -0.1) is 0 Å². The van der Waals surface area contributed by atoms with Crippen LogP contribution in [0.25, 0.3) is 0 Å². The Labute approximate surface area is 89.1 Å². The molecule has 2 saturated carbocycles. The maximum absolute atomic E-state index is 11.9. The molecule has 0 aromatic heterocycles. The van der Waals surface area contributed by atoms with E-state index in [0.717, 1.165) is 25.7 Å². The van der Waals surface area contributed by atoms with Gasteiger partial charge >= 0.3 is 5.97 Å². The fourth-order valence-corrected chi connectivity index (χ4v) is 3.73. The molecule has 2 aliphatic rings. The smallest absolute Gasteiger partial charge is 0.304 e. The summed E-state index contributed by atoms with van der Waals surface area (Å²) in [5, 5.41) is 8.33. The molecular formula is C9H15NO4S. The lowest BCUT2D eigenvalue weighted by Gasteiger charge is -2.20. The molecule has 2 fully saturated rings. The van der Waals surface area contributed by atoms with Crippen molar-refractivity contribution in [2.45, 2.75) is 43.4 Å². The van der Waals surface area contributed by atoms with Crippen molar-refractivity contribution in [3.63, 3.8) is 0 Å². The Morgan fingerprint density at radius 1 is 1.27 bits per heavy atom. The van der Waals surface area contributed by atoms with E-state index in [1.165, 1.54) is 4.31 Å². The average molecular weight is 233 g/mol. The summed E-state index contributed by atoms with van der Waals surface area (Å²) in [7, 11) is -3.19. The van der Waals surface area contributed by atoms with Crippen molar-refractivity contribution in [1.29, 1.82) is 0 Å². The molecule has 0 radical (unpaired) electrons. The van der Waals surface area contributed by atoms with Gasteiger partial charge in [-0.05, 0) is 25.7 Å². The van der Waals surface area contributed by atoms with Crippen molar-refractivity contribution in [3.8, 4) is 0 Å². The summed E-state index contributed by atoms with van der Waals surface area (Å²) >= 11 is 0. The second-order valence-electron chi connectivity index (χ2n) is 4.23. The normalized spacial score (nSPS) is 21.9. The molecule has 0 aromatic carbocycles. The van der Waals surface area contributed by atoms with E-state index in [1.54, 1.807) is 0 Å². The van der Waals surface area contributed by atoms with Gasteiger partial charge in [0.1, 0.15) is 0 Å². The highest BCUT2D eigenvalue weighted by Gasteiger charge is 2.45. The third kappa shape index (κ3) is 2.49. The number of sulfonamides is 1. The van der Waals surface area contributed by atoms with E-state index >= 15 is 0 Å². The maximum atomic E-state index is 11.9. The molecule has 2 rings (SSSR count). The predicted octanol–water partition coefficient (Wildman–Crippen LogP) is 0.418. The Balaban J connectivity index is 2.02. The van der Waals surface area contributed by atoms with E-state index in [0.29, 0.717) is 0 Å². The van der Waals surface area contributed by atoms with Crippen LogP contribution in [0, 0.1) is 0 Å². The zero-order valence-electron chi connectivity index (χ0n) is 8.42. The summed E-state index contributed by atoms with van der Waals surface area (Å²) in [6.07, 6.45) is 3.14. The Kier molecular flexibility index (Phi) is 2.72. The third-order valence-electron chi connectivity index (χ3n) is 2.77. The van der Waals surface area contributed by atoms with E-state index in [-0.39, 0.29) is 24.3 Å². The lowest BCUT2D eigenvalue weighted by molar-refractivity contribution is -0.137. The number of hydrogen-bond donors (Lipinski definition) is 1. The molecule has 0 unspecified atom stereocenters. The summed E-state index contributed by atoms with van der Waals surface area (Å²) in [5.74, 6) is -0.938. The minimum absolute atomic E-state index is 0.0787. The van der Waals surface area contributed by atoms with Crippen LogP contribution in [-0.2, 0) is 14.8 Å². The van der Waals surface area contributed by atoms with Crippen molar-refractivity contribution in [3.05, 3.63) is 0 Å². The van der Waals surface area contributed by atoms with Crippen LogP contribution < -0.4 is 0 Å². The van der Waals surface area contributed by atoms with E-state index in [1.807, 2.05) is 0 Å². The molecule has 0 heterocycles. The second kappa shape index (κ2) is 3.75. The standard InChI is InChI=1S/C9H15NO4S/c11-9(12)5-6-10(7-1-2-7)15(13,14)8-3-4-8/h7-8H,1-6H2,(H,11,12). The first-order valence-corrected chi connectivity index (χ1v) is 6.74. The van der Waals surface area contributed by atoms with Crippen LogP contribution in [0.15, 0.2) is 0 Å². The lowest BCUT2D eigenvalue weighted by Crippen LogP contribution is -2.37. The summed E-state index contributed by atoms with van der Waals surface area (Å²) in [4.78, 5) is 10.4. The van der Waals surface area contributed by atoms with Crippen LogP contribution in [0.4, 0.5) is 0 Å². The van der Waals surface area contributed by atoms with Crippen LogP contribution >= 0.6 is 0 Å². The van der Waals surface area contributed by atoms with Crippen LogP contribution in [0.3, 0.4) is 0 Å². The van der Waals surface area contributed by atoms with Gasteiger partial charge < -0.3 is 5.11 Å². The summed E-state index contributed by atoms with van der Waals surface area (Å²) in [6.45, 7) is 0.138. The SMILES string of the molecule is O=C(O)CCN(C1CC1)S(=O)(=O)C1CC1. The topological polar surface area (TPSA) is 74.7 Å². The molecule has 0 spiro atoms. The fraction of sp³-hybridized carbons (Fsp3) is 0.889. The molecular weight excluding hydrogens is 218 g/mol. The minimum Gasteiger partial charge on any atom is -0.481 e. The molecule has 0 saturated heterocycles. The molecule has 15 heavy (non-hydrogen) atoms. The van der Waals surface area contributed by atoms with Gasteiger partial charge in [-0.1, -0.05) is 0 Å². The summed E-state index contributed by atoms with van der Waals surface area (Å²) in [5.41, 5.74) is 0. The highest BCUT2D eigenvalue weighted by Crippen LogP contribution is 2.37. The Bertz CT molecular complexity index is 356. The Hall–Kier alpha value is -0.620. The van der Waals surface area contributed by atoms with Crippen LogP contribution in [-0.4, -0.2) is 41.6 Å². The molecule has 0 aromatic rings.